The Morgan fingerprint density at radius 2 is 0.965 bits per heavy atom. The molecule has 20 N–H and O–H groups in total. The number of aliphatic hydroxyl groups is 20. The summed E-state index contributed by atoms with van der Waals surface area (Å²) < 4.78 is 92.0. The summed E-state index contributed by atoms with van der Waals surface area (Å²) in [5.74, 6) is -4.46. The summed E-state index contributed by atoms with van der Waals surface area (Å²) in [5, 5.41) is 224. The molecule has 0 aromatic carbocycles. The third-order valence-electron chi connectivity index (χ3n) is 28.1. The highest BCUT2D eigenvalue weighted by atomic mass is 16.8. The molecule has 0 bridgehead atoms. The minimum atomic E-state index is -2.21. The Morgan fingerprint density at radius 1 is 0.487 bits per heavy atom. The molecule has 12 aliphatic rings. The quantitative estimate of drug-likeness (QED) is 0.0220. The molecule has 0 amide bonds. The fourth-order valence-corrected chi connectivity index (χ4v) is 21.0. The number of allylic oxidation sites excluding steroid dienone is 2. The largest absolute Gasteiger partial charge is 0.457 e. The molecule has 12 rings (SSSR count). The normalized spacial score (nSPS) is 53.6. The van der Waals surface area contributed by atoms with Crippen LogP contribution in [0.3, 0.4) is 0 Å². The lowest BCUT2D eigenvalue weighted by molar-refractivity contribution is -0.395. The van der Waals surface area contributed by atoms with E-state index in [1.54, 1.807) is 20.8 Å². The van der Waals surface area contributed by atoms with Crippen molar-refractivity contribution in [2.45, 2.75) is 348 Å². The number of carbonyl (C=O) groups excluding carboxylic acids is 3. The number of ether oxygens (including phenoxy) is 15. The number of hydrogen-bond acceptors (Lipinski definition) is 38. The van der Waals surface area contributed by atoms with Crippen molar-refractivity contribution >= 4 is 18.2 Å². The van der Waals surface area contributed by atoms with E-state index >= 15 is 4.79 Å². The van der Waals surface area contributed by atoms with Gasteiger partial charge in [0, 0.05) is 5.92 Å². The van der Waals surface area contributed by atoms with Crippen LogP contribution in [0.2, 0.25) is 0 Å². The van der Waals surface area contributed by atoms with Crippen LogP contribution in [0.15, 0.2) is 11.6 Å². The van der Waals surface area contributed by atoms with Crippen molar-refractivity contribution < 1.29 is 188 Å². The van der Waals surface area contributed by atoms with Crippen molar-refractivity contribution in [3.63, 3.8) is 0 Å². The number of rotatable bonds is 21. The number of aliphatic hydroxyl groups excluding tert-OH is 20. The van der Waals surface area contributed by atoms with Gasteiger partial charge in [0.25, 0.3) is 0 Å². The molecule has 0 aromatic rings. The van der Waals surface area contributed by atoms with E-state index in [-0.39, 0.29) is 31.6 Å². The zero-order chi connectivity index (χ0) is 82.7. The van der Waals surface area contributed by atoms with Crippen LogP contribution < -0.4 is 0 Å². The van der Waals surface area contributed by atoms with E-state index < -0.39 is 316 Å². The third-order valence-corrected chi connectivity index (χ3v) is 28.1. The maximum absolute atomic E-state index is 16.2. The average molecular weight is 1630 g/mol. The molecule has 113 heavy (non-hydrogen) atoms. The van der Waals surface area contributed by atoms with Gasteiger partial charge in [-0.2, -0.15) is 0 Å². The van der Waals surface area contributed by atoms with Gasteiger partial charge < -0.3 is 178 Å². The van der Waals surface area contributed by atoms with Gasteiger partial charge in [-0.1, -0.05) is 67.0 Å². The fourth-order valence-electron chi connectivity index (χ4n) is 21.0. The summed E-state index contributed by atoms with van der Waals surface area (Å²) in [6.07, 6.45) is -59.7. The molecule has 5 aliphatic carbocycles. The van der Waals surface area contributed by atoms with Crippen molar-refractivity contribution in [2.75, 3.05) is 33.0 Å². The monoisotopic (exact) mass is 1630 g/mol. The van der Waals surface area contributed by atoms with Crippen LogP contribution in [0, 0.1) is 56.2 Å². The molecule has 0 unspecified atom stereocenters. The molecule has 648 valence electrons. The molecule has 7 saturated heterocycles. The first kappa shape index (κ1) is 89.3. The van der Waals surface area contributed by atoms with Crippen LogP contribution in [-0.2, 0) is 85.4 Å². The van der Waals surface area contributed by atoms with Crippen molar-refractivity contribution in [3.05, 3.63) is 11.6 Å². The smallest absolute Gasteiger partial charge is 0.320 e. The van der Waals surface area contributed by atoms with E-state index in [1.165, 1.54) is 13.8 Å². The van der Waals surface area contributed by atoms with E-state index in [0.717, 1.165) is 11.9 Å². The maximum atomic E-state index is 16.2. The topological polar surface area (TPSA) is 594 Å². The number of esters is 2. The van der Waals surface area contributed by atoms with Gasteiger partial charge in [-0.15, -0.1) is 0 Å². The number of fused-ring (bicyclic) bond motifs is 7. The Labute approximate surface area is 652 Å². The summed E-state index contributed by atoms with van der Waals surface area (Å²) >= 11 is 0. The van der Waals surface area contributed by atoms with E-state index in [2.05, 4.69) is 19.9 Å². The molecular formula is C75H120O38. The summed E-state index contributed by atoms with van der Waals surface area (Å²) in [6.45, 7) is 14.2. The predicted octanol–water partition coefficient (Wildman–Crippen LogP) is -6.51. The fraction of sp³-hybridized carbons (Fsp3) is 0.933. The molecule has 11 fully saturated rings. The van der Waals surface area contributed by atoms with Crippen LogP contribution in [-0.4, -0.2) is 374 Å². The average Bonchev–Trinajstić information content (AvgIpc) is 0.667. The maximum Gasteiger partial charge on any atom is 0.320 e. The van der Waals surface area contributed by atoms with Gasteiger partial charge >= 0.3 is 11.9 Å². The van der Waals surface area contributed by atoms with E-state index in [0.29, 0.717) is 32.1 Å². The third kappa shape index (κ3) is 15.6. The van der Waals surface area contributed by atoms with Crippen molar-refractivity contribution in [1.29, 1.82) is 0 Å². The second-order valence-electron chi connectivity index (χ2n) is 35.4. The summed E-state index contributed by atoms with van der Waals surface area (Å²) in [7, 11) is 0. The minimum absolute atomic E-state index is 0.0406. The first-order chi connectivity index (χ1) is 53.1. The molecule has 0 spiro atoms. The van der Waals surface area contributed by atoms with Gasteiger partial charge in [0.1, 0.15) is 146 Å². The van der Waals surface area contributed by atoms with Gasteiger partial charge in [0.05, 0.1) is 74.9 Å². The Balaban J connectivity index is 0.843. The summed E-state index contributed by atoms with van der Waals surface area (Å²) in [5.41, 5.74) is -6.10. The highest BCUT2D eigenvalue weighted by Crippen LogP contribution is 2.76. The highest BCUT2D eigenvalue weighted by Gasteiger charge is 2.75. The molecule has 7 aliphatic heterocycles. The van der Waals surface area contributed by atoms with E-state index in [1.807, 2.05) is 20.8 Å². The van der Waals surface area contributed by atoms with Crippen LogP contribution in [0.25, 0.3) is 0 Å². The Kier molecular flexibility index (Phi) is 27.0. The number of aldehydes is 1. The van der Waals surface area contributed by atoms with Gasteiger partial charge in [-0.05, 0) is 105 Å². The molecule has 45 atom stereocenters. The Bertz CT molecular complexity index is 3280. The summed E-state index contributed by atoms with van der Waals surface area (Å²) in [6, 6.07) is 0. The highest BCUT2D eigenvalue weighted by molar-refractivity contribution is 5.81. The van der Waals surface area contributed by atoms with Crippen molar-refractivity contribution in [2.24, 2.45) is 56.2 Å². The Morgan fingerprint density at radius 3 is 1.52 bits per heavy atom. The predicted molar refractivity (Wildman–Crippen MR) is 372 cm³/mol. The molecule has 4 saturated carbocycles. The van der Waals surface area contributed by atoms with Gasteiger partial charge in [-0.3, -0.25) is 9.59 Å². The lowest BCUT2D eigenvalue weighted by Crippen LogP contribution is -2.71. The zero-order valence-corrected chi connectivity index (χ0v) is 64.9. The molecule has 7 heterocycles. The minimum Gasteiger partial charge on any atom is -0.457 e. The van der Waals surface area contributed by atoms with Gasteiger partial charge in [0.15, 0.2) is 49.9 Å². The summed E-state index contributed by atoms with van der Waals surface area (Å²) in [4.78, 5) is 44.2. The first-order valence-electron chi connectivity index (χ1n) is 39.5. The van der Waals surface area contributed by atoms with Crippen molar-refractivity contribution in [1.82, 2.24) is 0 Å². The number of carbonyl (C=O) groups is 3. The molecule has 0 radical (unpaired) electrons. The molecule has 0 aromatic heterocycles. The Hall–Kier alpha value is -2.97. The lowest BCUT2D eigenvalue weighted by Gasteiger charge is -2.71. The number of hydrogen-bond donors (Lipinski definition) is 20. The molecule has 38 nitrogen and oxygen atoms in total. The first-order valence-corrected chi connectivity index (χ1v) is 39.5. The van der Waals surface area contributed by atoms with Crippen LogP contribution in [0.5, 0.6) is 0 Å². The second kappa shape index (κ2) is 34.1. The van der Waals surface area contributed by atoms with Crippen LogP contribution in [0.1, 0.15) is 127 Å². The molecule has 38 heteroatoms. The second-order valence-corrected chi connectivity index (χ2v) is 35.4. The standard InChI is InChI=1S/C75H120O38/c1-11-27(2)61(97)107-55-28(3)102-67(59(53(55)95)111-66-54(96)58(110-64-51(93)47(89)44(86)34(21-76)103-64)56(29(4)101-66)108-62-49(91)42(84)32(80)24-99-62)113-69(98)75-31(18-70(5,6)19-39(75)82)30-12-13-38-71(7)16-15-41(72(8,26-79)37(71)14-17-73(38,9)74(30,10)20-40(75)83)106-68-60(112-65-52(94)48(90)45(87)35(22-77)104-65)57(46(88)36(23-78)105-68)109-63-50(92)43(85)33(81)25-100-63/h12,26-29,31-60,62-68,76-78,80-96H,11,13-25H2,1-10H3/t27-,28+,29-,31-,32+,33+,34+,35+,36+,37+,38+,39+,40+,41-,42-,43-,44+,45-,46+,47-,48-,49+,50+,51+,52+,53-,54+,55-,56-,57-,58-,59+,60+,62-,63-,64-,65-,66-,67-,68-,71-,72-,73+,74+,75-/m0/s1. The molecular weight excluding hydrogens is 1510 g/mol. The van der Waals surface area contributed by atoms with Gasteiger partial charge in [0.2, 0.25) is 6.29 Å². The van der Waals surface area contributed by atoms with Gasteiger partial charge in [-0.25, -0.2) is 0 Å². The zero-order valence-electron chi connectivity index (χ0n) is 64.9. The lowest BCUT2D eigenvalue weighted by atomic mass is 9.33. The van der Waals surface area contributed by atoms with E-state index in [9.17, 15) is 112 Å². The SMILES string of the molecule is CC[C@H](C)C(=O)O[C@@H]1[C@H](O)[C@@H](O[C@@H]2O[C@@H](C)[C@H](O[C@@H]3OC[C@@H](O)[C@H](O)[C@H]3O)[C@@H](O[C@@H]3O[C@H](CO)[C@@H](O)[C@H](O)[C@H]3O)[C@H]2O)[C@H](OC(=O)[C@]23[C@H](O)CC(C)(C)C[C@H]2C2=CC[C@@H]4[C@@]5(C)CC[C@H](O[C@@H]6O[C@H](CO)[C@@H](O)[C@H](O[C@@H]7OC[C@@H](O)[C@H](O)[C@H]7O)[C@H]6O[C@@H]6O[C@H](CO)[C@H](O)[C@H](O)[C@H]6O)[C@@](C)(C=O)[C@@H]5CC[C@@]4(C)[C@]2(C)C[C@H]3O)O[C@@H]1C. The van der Waals surface area contributed by atoms with Crippen molar-refractivity contribution in [3.8, 4) is 0 Å². The van der Waals surface area contributed by atoms with Crippen LogP contribution >= 0.6 is 0 Å². The van der Waals surface area contributed by atoms with Crippen LogP contribution in [0.4, 0.5) is 0 Å². The van der Waals surface area contributed by atoms with E-state index in [4.69, 9.17) is 71.1 Å².